The summed E-state index contributed by atoms with van der Waals surface area (Å²) < 4.78 is 12.2. The van der Waals surface area contributed by atoms with Crippen LogP contribution >= 0.6 is 0 Å². The number of rotatable bonds is 6. The molecule has 3 aromatic rings. The second kappa shape index (κ2) is 7.21. The minimum Gasteiger partial charge on any atom is -0.497 e. The van der Waals surface area contributed by atoms with Crippen molar-refractivity contribution in [1.29, 1.82) is 0 Å². The van der Waals surface area contributed by atoms with Crippen molar-refractivity contribution in [1.82, 2.24) is 20.3 Å². The molecule has 1 N–H and O–H groups in total. The monoisotopic (exact) mass is 340 g/mol. The number of fused-ring (bicyclic) bond motifs is 1. The van der Waals surface area contributed by atoms with Gasteiger partial charge in [-0.2, -0.15) is 0 Å². The van der Waals surface area contributed by atoms with Gasteiger partial charge in [-0.05, 0) is 31.2 Å². The Bertz CT molecular complexity index is 891. The van der Waals surface area contributed by atoms with E-state index in [0.717, 1.165) is 16.6 Å². The summed E-state index contributed by atoms with van der Waals surface area (Å²) in [6.45, 7) is 2.00. The first kappa shape index (κ1) is 16.8. The van der Waals surface area contributed by atoms with Crippen LogP contribution in [0.2, 0.25) is 0 Å². The normalized spacial score (nSPS) is 12.0. The van der Waals surface area contributed by atoms with E-state index in [1.165, 1.54) is 0 Å². The van der Waals surface area contributed by atoms with Crippen molar-refractivity contribution >= 4 is 16.9 Å². The molecule has 7 heteroatoms. The van der Waals surface area contributed by atoms with Gasteiger partial charge in [0.25, 0.3) is 0 Å². The maximum atomic E-state index is 12.4. The zero-order valence-electron chi connectivity index (χ0n) is 14.4. The van der Waals surface area contributed by atoms with Crippen LogP contribution < -0.4 is 14.8 Å². The van der Waals surface area contributed by atoms with E-state index in [1.54, 1.807) is 25.0 Å². The molecule has 0 aliphatic carbocycles. The van der Waals surface area contributed by atoms with Gasteiger partial charge in [0.05, 0.1) is 25.8 Å². The number of ether oxygens (including phenoxy) is 2. The first-order chi connectivity index (χ1) is 12.1. The Labute approximate surface area is 145 Å². The van der Waals surface area contributed by atoms with Crippen molar-refractivity contribution in [2.75, 3.05) is 14.2 Å². The Hall–Kier alpha value is -3.09. The van der Waals surface area contributed by atoms with Crippen molar-refractivity contribution in [3.63, 3.8) is 0 Å². The van der Waals surface area contributed by atoms with Crippen LogP contribution in [0.25, 0.3) is 11.0 Å². The summed E-state index contributed by atoms with van der Waals surface area (Å²) >= 11 is 0. The minimum absolute atomic E-state index is 0.101. The van der Waals surface area contributed by atoms with Crippen LogP contribution in [0.3, 0.4) is 0 Å². The van der Waals surface area contributed by atoms with Crippen LogP contribution in [0.4, 0.5) is 0 Å². The van der Waals surface area contributed by atoms with Crippen LogP contribution in [0.1, 0.15) is 18.5 Å². The lowest BCUT2D eigenvalue weighted by Gasteiger charge is -2.18. The Morgan fingerprint density at radius 2 is 2.00 bits per heavy atom. The Balaban J connectivity index is 1.72. The average molecular weight is 340 g/mol. The topological polar surface area (TPSA) is 78.3 Å². The minimum atomic E-state index is -0.219. The Morgan fingerprint density at radius 1 is 1.20 bits per heavy atom. The van der Waals surface area contributed by atoms with Crippen LogP contribution in [0.15, 0.2) is 42.5 Å². The predicted molar refractivity (Wildman–Crippen MR) is 93.6 cm³/mol. The maximum Gasteiger partial charge on any atom is 0.242 e. The molecule has 0 saturated carbocycles. The molecule has 0 saturated heterocycles. The maximum absolute atomic E-state index is 12.4. The molecular weight excluding hydrogens is 320 g/mol. The van der Waals surface area contributed by atoms with Gasteiger partial charge in [0, 0.05) is 11.6 Å². The molecule has 0 radical (unpaired) electrons. The highest BCUT2D eigenvalue weighted by molar-refractivity contribution is 5.80. The fourth-order valence-electron chi connectivity index (χ4n) is 2.71. The molecule has 3 rings (SSSR count). The summed E-state index contributed by atoms with van der Waals surface area (Å²) in [6, 6.07) is 12.8. The SMILES string of the molecule is COc1ccc(C(C)NC(=O)Cn2nnc3ccccc32)c(OC)c1. The van der Waals surface area contributed by atoms with E-state index in [2.05, 4.69) is 15.6 Å². The number of methoxy groups -OCH3 is 2. The van der Waals surface area contributed by atoms with Gasteiger partial charge in [0.1, 0.15) is 23.6 Å². The van der Waals surface area contributed by atoms with Crippen LogP contribution in [-0.2, 0) is 11.3 Å². The third-order valence-electron chi connectivity index (χ3n) is 4.00. The van der Waals surface area contributed by atoms with E-state index in [9.17, 15) is 4.79 Å². The first-order valence-electron chi connectivity index (χ1n) is 7.92. The third-order valence-corrected chi connectivity index (χ3v) is 4.00. The van der Waals surface area contributed by atoms with E-state index >= 15 is 0 Å². The summed E-state index contributed by atoms with van der Waals surface area (Å²) in [6.07, 6.45) is 0. The van der Waals surface area contributed by atoms with Gasteiger partial charge < -0.3 is 14.8 Å². The number of aromatic nitrogens is 3. The molecule has 7 nitrogen and oxygen atoms in total. The zero-order chi connectivity index (χ0) is 17.8. The number of nitrogens with zero attached hydrogens (tertiary/aromatic N) is 3. The number of carbonyl (C=O) groups excluding carboxylic acids is 1. The Kier molecular flexibility index (Phi) is 4.83. The summed E-state index contributed by atoms with van der Waals surface area (Å²) in [5.74, 6) is 1.22. The molecule has 1 amide bonds. The number of carbonyl (C=O) groups is 1. The molecular formula is C18H20N4O3. The Morgan fingerprint density at radius 3 is 2.76 bits per heavy atom. The molecule has 1 aromatic heterocycles. The second-order valence-corrected chi connectivity index (χ2v) is 5.63. The van der Waals surface area contributed by atoms with Gasteiger partial charge >= 0.3 is 0 Å². The molecule has 2 aromatic carbocycles. The highest BCUT2D eigenvalue weighted by Gasteiger charge is 2.16. The van der Waals surface area contributed by atoms with Gasteiger partial charge in [-0.3, -0.25) is 4.79 Å². The molecule has 0 fully saturated rings. The summed E-state index contributed by atoms with van der Waals surface area (Å²) in [5.41, 5.74) is 2.47. The quantitative estimate of drug-likeness (QED) is 0.745. The van der Waals surface area contributed by atoms with Crippen molar-refractivity contribution in [2.45, 2.75) is 19.5 Å². The zero-order valence-corrected chi connectivity index (χ0v) is 14.4. The van der Waals surface area contributed by atoms with Gasteiger partial charge in [-0.1, -0.05) is 17.3 Å². The highest BCUT2D eigenvalue weighted by Crippen LogP contribution is 2.29. The van der Waals surface area contributed by atoms with Crippen molar-refractivity contribution in [3.05, 3.63) is 48.0 Å². The van der Waals surface area contributed by atoms with Crippen molar-refractivity contribution in [2.24, 2.45) is 0 Å². The fraction of sp³-hybridized carbons (Fsp3) is 0.278. The fourth-order valence-corrected chi connectivity index (χ4v) is 2.71. The number of hydrogen-bond acceptors (Lipinski definition) is 5. The lowest BCUT2D eigenvalue weighted by Crippen LogP contribution is -2.30. The van der Waals surface area contributed by atoms with E-state index in [0.29, 0.717) is 11.5 Å². The van der Waals surface area contributed by atoms with Gasteiger partial charge in [-0.25, -0.2) is 4.68 Å². The highest BCUT2D eigenvalue weighted by atomic mass is 16.5. The molecule has 0 aliphatic heterocycles. The van der Waals surface area contributed by atoms with E-state index < -0.39 is 0 Å². The van der Waals surface area contributed by atoms with Crippen LogP contribution in [-0.4, -0.2) is 35.1 Å². The molecule has 130 valence electrons. The first-order valence-corrected chi connectivity index (χ1v) is 7.92. The van der Waals surface area contributed by atoms with E-state index in [-0.39, 0.29) is 18.5 Å². The number of amides is 1. The van der Waals surface area contributed by atoms with Crippen molar-refractivity contribution in [3.8, 4) is 11.5 Å². The molecule has 1 atom stereocenters. The molecule has 25 heavy (non-hydrogen) atoms. The summed E-state index contributed by atoms with van der Waals surface area (Å²) in [4.78, 5) is 12.4. The largest absolute Gasteiger partial charge is 0.497 e. The van der Waals surface area contributed by atoms with E-state index in [1.807, 2.05) is 43.3 Å². The van der Waals surface area contributed by atoms with E-state index in [4.69, 9.17) is 9.47 Å². The standard InChI is InChI=1S/C18H20N4O3/c1-12(14-9-8-13(24-2)10-17(14)25-3)19-18(23)11-22-16-7-5-4-6-15(16)20-21-22/h4-10,12H,11H2,1-3H3,(H,19,23). The second-order valence-electron chi connectivity index (χ2n) is 5.63. The smallest absolute Gasteiger partial charge is 0.242 e. The number of nitrogens with one attached hydrogen (secondary N) is 1. The number of hydrogen-bond donors (Lipinski definition) is 1. The molecule has 0 aliphatic rings. The van der Waals surface area contributed by atoms with Crippen LogP contribution in [0.5, 0.6) is 11.5 Å². The van der Waals surface area contributed by atoms with Gasteiger partial charge in [0.2, 0.25) is 5.91 Å². The van der Waals surface area contributed by atoms with Crippen LogP contribution in [0, 0.1) is 0 Å². The van der Waals surface area contributed by atoms with Gasteiger partial charge in [-0.15, -0.1) is 5.10 Å². The molecule has 1 unspecified atom stereocenters. The van der Waals surface area contributed by atoms with Crippen molar-refractivity contribution < 1.29 is 14.3 Å². The van der Waals surface area contributed by atoms with Gasteiger partial charge in [0.15, 0.2) is 0 Å². The number of benzene rings is 2. The average Bonchev–Trinajstić information content (AvgIpc) is 3.04. The third kappa shape index (κ3) is 3.55. The summed E-state index contributed by atoms with van der Waals surface area (Å²) in [5, 5.41) is 11.1. The lowest BCUT2D eigenvalue weighted by molar-refractivity contribution is -0.122. The predicted octanol–water partition coefficient (Wildman–Crippen LogP) is 2.33. The molecule has 0 spiro atoms. The lowest BCUT2D eigenvalue weighted by atomic mass is 10.1. The number of para-hydroxylation sites is 1. The molecule has 1 heterocycles. The molecule has 0 bridgehead atoms. The summed E-state index contributed by atoms with van der Waals surface area (Å²) in [7, 11) is 3.19.